The molecule has 0 aromatic carbocycles. The molecule has 0 aliphatic heterocycles. The average Bonchev–Trinajstić information content (AvgIpc) is 2.93. The zero-order valence-electron chi connectivity index (χ0n) is 11.1. The molecule has 2 rings (SSSR count). The van der Waals surface area contributed by atoms with Gasteiger partial charge in [-0.25, -0.2) is 4.79 Å². The highest BCUT2D eigenvalue weighted by Gasteiger charge is 2.20. The number of amides is 1. The molecule has 1 fully saturated rings. The van der Waals surface area contributed by atoms with E-state index in [9.17, 15) is 9.59 Å². The molecule has 1 saturated carbocycles. The van der Waals surface area contributed by atoms with Gasteiger partial charge in [-0.1, -0.05) is 6.92 Å². The highest BCUT2D eigenvalue weighted by atomic mass is 16.5. The fourth-order valence-electron chi connectivity index (χ4n) is 2.27. The number of carbonyl (C=O) groups excluding carboxylic acids is 2. The number of furan rings is 1. The van der Waals surface area contributed by atoms with Gasteiger partial charge in [-0.15, -0.1) is 0 Å². The van der Waals surface area contributed by atoms with Gasteiger partial charge in [0.25, 0.3) is 5.91 Å². The molecule has 19 heavy (non-hydrogen) atoms. The SMILES string of the molecule is CC1CCC(NC(=O)COC(=O)c2ccoc2)CC1. The van der Waals surface area contributed by atoms with Crippen LogP contribution in [0.5, 0.6) is 0 Å². The Hall–Kier alpha value is -1.78. The minimum Gasteiger partial charge on any atom is -0.472 e. The fraction of sp³-hybridized carbons (Fsp3) is 0.571. The van der Waals surface area contributed by atoms with Crippen LogP contribution in [0.2, 0.25) is 0 Å². The van der Waals surface area contributed by atoms with Gasteiger partial charge in [-0.05, 0) is 37.7 Å². The van der Waals surface area contributed by atoms with Crippen LogP contribution in [0.1, 0.15) is 43.0 Å². The number of rotatable bonds is 4. The Morgan fingerprint density at radius 2 is 2.11 bits per heavy atom. The lowest BCUT2D eigenvalue weighted by Gasteiger charge is -2.26. The fourth-order valence-corrected chi connectivity index (χ4v) is 2.27. The minimum absolute atomic E-state index is 0.219. The van der Waals surface area contributed by atoms with Crippen molar-refractivity contribution in [1.82, 2.24) is 5.32 Å². The average molecular weight is 265 g/mol. The summed E-state index contributed by atoms with van der Waals surface area (Å²) in [5, 5.41) is 2.90. The first kappa shape index (κ1) is 13.6. The van der Waals surface area contributed by atoms with Gasteiger partial charge < -0.3 is 14.5 Å². The van der Waals surface area contributed by atoms with E-state index >= 15 is 0 Å². The summed E-state index contributed by atoms with van der Waals surface area (Å²) < 4.78 is 9.67. The molecule has 0 saturated heterocycles. The van der Waals surface area contributed by atoms with Crippen LogP contribution in [0.3, 0.4) is 0 Å². The Morgan fingerprint density at radius 3 is 2.74 bits per heavy atom. The first-order chi connectivity index (χ1) is 9.15. The van der Waals surface area contributed by atoms with Crippen LogP contribution in [-0.4, -0.2) is 24.5 Å². The molecule has 0 bridgehead atoms. The summed E-state index contributed by atoms with van der Waals surface area (Å²) in [4.78, 5) is 23.1. The van der Waals surface area contributed by atoms with Crippen molar-refractivity contribution in [2.45, 2.75) is 38.6 Å². The van der Waals surface area contributed by atoms with E-state index in [4.69, 9.17) is 9.15 Å². The standard InChI is InChI=1S/C14H19NO4/c1-10-2-4-12(5-3-10)15-13(16)9-19-14(17)11-6-7-18-8-11/h6-8,10,12H,2-5,9H2,1H3,(H,15,16). The second-order valence-corrected chi connectivity index (χ2v) is 5.11. The third-order valence-corrected chi connectivity index (χ3v) is 3.47. The minimum atomic E-state index is -0.541. The number of nitrogens with one attached hydrogen (secondary N) is 1. The molecule has 1 aliphatic rings. The summed E-state index contributed by atoms with van der Waals surface area (Å²) in [6.45, 7) is 1.99. The summed E-state index contributed by atoms with van der Waals surface area (Å²) in [5.41, 5.74) is 0.319. The zero-order valence-corrected chi connectivity index (χ0v) is 11.1. The van der Waals surface area contributed by atoms with Gasteiger partial charge in [0, 0.05) is 6.04 Å². The van der Waals surface area contributed by atoms with Crippen molar-refractivity contribution < 1.29 is 18.7 Å². The lowest BCUT2D eigenvalue weighted by atomic mass is 9.87. The van der Waals surface area contributed by atoms with Gasteiger partial charge in [0.2, 0.25) is 0 Å². The Bertz CT molecular complexity index is 419. The molecule has 5 nitrogen and oxygen atoms in total. The van der Waals surface area contributed by atoms with E-state index in [1.807, 2.05) is 0 Å². The molecule has 5 heteroatoms. The van der Waals surface area contributed by atoms with E-state index < -0.39 is 5.97 Å². The van der Waals surface area contributed by atoms with Crippen LogP contribution in [0.25, 0.3) is 0 Å². The van der Waals surface area contributed by atoms with E-state index in [1.54, 1.807) is 0 Å². The van der Waals surface area contributed by atoms with Gasteiger partial charge in [0.15, 0.2) is 6.61 Å². The lowest BCUT2D eigenvalue weighted by Crippen LogP contribution is -2.39. The van der Waals surface area contributed by atoms with Gasteiger partial charge in [-0.3, -0.25) is 4.79 Å². The van der Waals surface area contributed by atoms with Crippen LogP contribution in [0.4, 0.5) is 0 Å². The highest BCUT2D eigenvalue weighted by Crippen LogP contribution is 2.23. The number of hydrogen-bond acceptors (Lipinski definition) is 4. The monoisotopic (exact) mass is 265 g/mol. The summed E-state index contributed by atoms with van der Waals surface area (Å²) >= 11 is 0. The number of hydrogen-bond donors (Lipinski definition) is 1. The van der Waals surface area contributed by atoms with Crippen molar-refractivity contribution in [3.63, 3.8) is 0 Å². The van der Waals surface area contributed by atoms with Crippen molar-refractivity contribution in [1.29, 1.82) is 0 Å². The largest absolute Gasteiger partial charge is 0.472 e. The predicted octanol–water partition coefficient (Wildman–Crippen LogP) is 2.13. The van der Waals surface area contributed by atoms with Crippen LogP contribution in [0.15, 0.2) is 23.0 Å². The third-order valence-electron chi connectivity index (χ3n) is 3.47. The molecule has 1 N–H and O–H groups in total. The number of ether oxygens (including phenoxy) is 1. The molecule has 1 heterocycles. The van der Waals surface area contributed by atoms with Crippen molar-refractivity contribution in [3.05, 3.63) is 24.2 Å². The Balaban J connectivity index is 1.69. The van der Waals surface area contributed by atoms with E-state index in [0.29, 0.717) is 5.56 Å². The van der Waals surface area contributed by atoms with Crippen LogP contribution in [0, 0.1) is 5.92 Å². The van der Waals surface area contributed by atoms with Crippen molar-refractivity contribution in [2.24, 2.45) is 5.92 Å². The molecule has 0 unspecified atom stereocenters. The molecular weight excluding hydrogens is 246 g/mol. The van der Waals surface area contributed by atoms with E-state index in [1.165, 1.54) is 18.6 Å². The maximum Gasteiger partial charge on any atom is 0.341 e. The summed E-state index contributed by atoms with van der Waals surface area (Å²) in [7, 11) is 0. The maximum absolute atomic E-state index is 11.7. The van der Waals surface area contributed by atoms with Gasteiger partial charge >= 0.3 is 5.97 Å². The lowest BCUT2D eigenvalue weighted by molar-refractivity contribution is -0.125. The number of carbonyl (C=O) groups is 2. The van der Waals surface area contributed by atoms with Crippen LogP contribution < -0.4 is 5.32 Å². The Morgan fingerprint density at radius 1 is 1.37 bits per heavy atom. The quantitative estimate of drug-likeness (QED) is 0.847. The smallest absolute Gasteiger partial charge is 0.341 e. The Labute approximate surface area is 112 Å². The number of esters is 1. The van der Waals surface area contributed by atoms with Crippen molar-refractivity contribution >= 4 is 11.9 Å². The normalized spacial score (nSPS) is 22.8. The first-order valence-electron chi connectivity index (χ1n) is 6.64. The molecule has 1 amide bonds. The Kier molecular flexibility index (Phi) is 4.60. The second kappa shape index (κ2) is 6.41. The zero-order chi connectivity index (χ0) is 13.7. The maximum atomic E-state index is 11.7. The molecule has 0 atom stereocenters. The van der Waals surface area contributed by atoms with Gasteiger partial charge in [0.05, 0.1) is 11.8 Å². The molecule has 104 valence electrons. The molecular formula is C14H19NO4. The highest BCUT2D eigenvalue weighted by molar-refractivity contribution is 5.90. The molecule has 0 radical (unpaired) electrons. The third kappa shape index (κ3) is 4.12. The molecule has 1 aromatic heterocycles. The van der Waals surface area contributed by atoms with E-state index in [2.05, 4.69) is 12.2 Å². The molecule has 0 spiro atoms. The second-order valence-electron chi connectivity index (χ2n) is 5.11. The van der Waals surface area contributed by atoms with E-state index in [0.717, 1.165) is 31.6 Å². The van der Waals surface area contributed by atoms with Crippen LogP contribution >= 0.6 is 0 Å². The topological polar surface area (TPSA) is 68.5 Å². The predicted molar refractivity (Wildman–Crippen MR) is 68.6 cm³/mol. The summed E-state index contributed by atoms with van der Waals surface area (Å²) in [6, 6.07) is 1.72. The van der Waals surface area contributed by atoms with E-state index in [-0.39, 0.29) is 18.6 Å². The van der Waals surface area contributed by atoms with Crippen LogP contribution in [-0.2, 0) is 9.53 Å². The first-order valence-corrected chi connectivity index (χ1v) is 6.64. The molecule has 1 aromatic rings. The van der Waals surface area contributed by atoms with Crippen molar-refractivity contribution in [2.75, 3.05) is 6.61 Å². The summed E-state index contributed by atoms with van der Waals surface area (Å²) in [5.74, 6) is -0.0374. The van der Waals surface area contributed by atoms with Gasteiger partial charge in [-0.2, -0.15) is 0 Å². The van der Waals surface area contributed by atoms with Gasteiger partial charge in [0.1, 0.15) is 6.26 Å². The van der Waals surface area contributed by atoms with Crippen molar-refractivity contribution in [3.8, 4) is 0 Å². The molecule has 1 aliphatic carbocycles. The summed E-state index contributed by atoms with van der Waals surface area (Å²) in [6.07, 6.45) is 6.97.